The third-order valence-corrected chi connectivity index (χ3v) is 5.64. The fourth-order valence-corrected chi connectivity index (χ4v) is 3.66. The normalized spacial score (nSPS) is 10.9. The maximum Gasteiger partial charge on any atom is 0.209 e. The van der Waals surface area contributed by atoms with Crippen molar-refractivity contribution in [1.29, 1.82) is 0 Å². The van der Waals surface area contributed by atoms with Crippen molar-refractivity contribution in [3.05, 3.63) is 58.6 Å². The summed E-state index contributed by atoms with van der Waals surface area (Å²) in [7, 11) is 3.47. The molecule has 0 aliphatic heterocycles. The van der Waals surface area contributed by atoms with Gasteiger partial charge in [0.05, 0.1) is 7.11 Å². The summed E-state index contributed by atoms with van der Waals surface area (Å²) < 4.78 is 13.1. The molecule has 0 saturated heterocycles. The summed E-state index contributed by atoms with van der Waals surface area (Å²) in [6, 6.07) is 13.7. The SMILES string of the molecule is COc1cc(CNCCCSc2nnnn2C)c(Cl)cc1OCc1ccccc1. The molecule has 7 nitrogen and oxygen atoms in total. The maximum absolute atomic E-state index is 6.46. The highest BCUT2D eigenvalue weighted by Crippen LogP contribution is 2.34. The molecule has 0 saturated carbocycles. The minimum absolute atomic E-state index is 0.462. The van der Waals surface area contributed by atoms with Crippen LogP contribution in [0.1, 0.15) is 17.5 Å². The quantitative estimate of drug-likeness (QED) is 0.365. The van der Waals surface area contributed by atoms with Gasteiger partial charge in [0.1, 0.15) is 6.61 Å². The second kappa shape index (κ2) is 11.0. The van der Waals surface area contributed by atoms with Gasteiger partial charge in [0, 0.05) is 30.4 Å². The molecule has 2 aromatic carbocycles. The summed E-state index contributed by atoms with van der Waals surface area (Å²) in [5.74, 6) is 2.25. The Balaban J connectivity index is 1.47. The van der Waals surface area contributed by atoms with Gasteiger partial charge in [-0.2, -0.15) is 0 Å². The topological polar surface area (TPSA) is 74.1 Å². The highest BCUT2D eigenvalue weighted by atomic mass is 35.5. The first kappa shape index (κ1) is 21.4. The summed E-state index contributed by atoms with van der Waals surface area (Å²) in [5, 5.41) is 16.3. The Kier molecular flexibility index (Phi) is 8.15. The van der Waals surface area contributed by atoms with Gasteiger partial charge in [-0.15, -0.1) is 5.10 Å². The van der Waals surface area contributed by atoms with E-state index in [0.717, 1.165) is 35.0 Å². The van der Waals surface area contributed by atoms with Crippen LogP contribution in [0.5, 0.6) is 11.5 Å². The van der Waals surface area contributed by atoms with E-state index in [1.54, 1.807) is 23.6 Å². The van der Waals surface area contributed by atoms with Crippen LogP contribution in [0.25, 0.3) is 0 Å². The molecular weight excluding hydrogens is 410 g/mol. The van der Waals surface area contributed by atoms with Gasteiger partial charge >= 0.3 is 0 Å². The number of benzene rings is 2. The third kappa shape index (κ3) is 6.35. The van der Waals surface area contributed by atoms with Crippen molar-refractivity contribution in [2.75, 3.05) is 19.4 Å². The summed E-state index contributed by atoms with van der Waals surface area (Å²) in [6.45, 7) is 1.98. The first-order chi connectivity index (χ1) is 14.2. The summed E-state index contributed by atoms with van der Waals surface area (Å²) in [4.78, 5) is 0. The molecule has 0 bridgehead atoms. The molecule has 1 aromatic heterocycles. The molecule has 0 spiro atoms. The zero-order chi connectivity index (χ0) is 20.5. The van der Waals surface area contributed by atoms with E-state index < -0.39 is 0 Å². The van der Waals surface area contributed by atoms with Crippen molar-refractivity contribution in [1.82, 2.24) is 25.5 Å². The van der Waals surface area contributed by atoms with E-state index in [0.29, 0.717) is 29.7 Å². The molecule has 0 atom stereocenters. The molecule has 0 aliphatic rings. The number of aromatic nitrogens is 4. The van der Waals surface area contributed by atoms with Gasteiger partial charge in [0.15, 0.2) is 11.5 Å². The summed E-state index contributed by atoms with van der Waals surface area (Å²) >= 11 is 8.10. The number of nitrogens with zero attached hydrogens (tertiary/aromatic N) is 4. The molecule has 0 fully saturated rings. The molecule has 3 aromatic rings. The molecule has 0 amide bonds. The summed E-state index contributed by atoms with van der Waals surface area (Å²) in [6.07, 6.45) is 0.991. The largest absolute Gasteiger partial charge is 0.493 e. The standard InChI is InChI=1S/C20H24ClN5O2S/c1-26-20(23-24-25-26)29-10-6-9-22-13-16-11-18(27-2)19(12-17(16)21)28-14-15-7-4-3-5-8-15/h3-5,7-8,11-12,22H,6,9-10,13-14H2,1-2H3. The van der Waals surface area contributed by atoms with Crippen LogP contribution < -0.4 is 14.8 Å². The van der Waals surface area contributed by atoms with Crippen molar-refractivity contribution >= 4 is 23.4 Å². The van der Waals surface area contributed by atoms with Gasteiger partial charge in [-0.25, -0.2) is 4.68 Å². The van der Waals surface area contributed by atoms with Crippen LogP contribution in [0.2, 0.25) is 5.02 Å². The zero-order valence-corrected chi connectivity index (χ0v) is 18.0. The predicted molar refractivity (Wildman–Crippen MR) is 115 cm³/mol. The third-order valence-electron chi connectivity index (χ3n) is 4.20. The van der Waals surface area contributed by atoms with E-state index in [-0.39, 0.29) is 0 Å². The van der Waals surface area contributed by atoms with Gasteiger partial charge in [-0.3, -0.25) is 0 Å². The van der Waals surface area contributed by atoms with Crippen molar-refractivity contribution in [2.24, 2.45) is 7.05 Å². The van der Waals surface area contributed by atoms with Crippen molar-refractivity contribution in [3.8, 4) is 11.5 Å². The van der Waals surface area contributed by atoms with Crippen LogP contribution >= 0.6 is 23.4 Å². The molecule has 0 aliphatic carbocycles. The molecule has 0 unspecified atom stereocenters. The molecule has 1 heterocycles. The minimum Gasteiger partial charge on any atom is -0.493 e. The Hall–Kier alpha value is -2.29. The minimum atomic E-state index is 0.462. The highest BCUT2D eigenvalue weighted by molar-refractivity contribution is 7.99. The van der Waals surface area contributed by atoms with E-state index in [1.807, 2.05) is 49.5 Å². The van der Waals surface area contributed by atoms with E-state index in [1.165, 1.54) is 0 Å². The zero-order valence-electron chi connectivity index (χ0n) is 16.5. The number of halogens is 1. The molecule has 154 valence electrons. The van der Waals surface area contributed by atoms with Gasteiger partial charge in [-0.1, -0.05) is 53.7 Å². The van der Waals surface area contributed by atoms with Crippen molar-refractivity contribution < 1.29 is 9.47 Å². The van der Waals surface area contributed by atoms with Crippen LogP contribution in [0.15, 0.2) is 47.6 Å². The van der Waals surface area contributed by atoms with Crippen LogP contribution in [-0.2, 0) is 20.2 Å². The number of rotatable bonds is 11. The molecule has 3 rings (SSSR count). The lowest BCUT2D eigenvalue weighted by molar-refractivity contribution is 0.284. The number of tetrazole rings is 1. The highest BCUT2D eigenvalue weighted by Gasteiger charge is 2.11. The van der Waals surface area contributed by atoms with E-state index in [9.17, 15) is 0 Å². The van der Waals surface area contributed by atoms with E-state index in [2.05, 4.69) is 20.8 Å². The van der Waals surface area contributed by atoms with Crippen molar-refractivity contribution in [2.45, 2.75) is 24.7 Å². The molecule has 0 radical (unpaired) electrons. The molecule has 1 N–H and O–H groups in total. The monoisotopic (exact) mass is 433 g/mol. The van der Waals surface area contributed by atoms with Gasteiger partial charge in [-0.05, 0) is 40.6 Å². The van der Waals surface area contributed by atoms with Crippen LogP contribution in [0.3, 0.4) is 0 Å². The van der Waals surface area contributed by atoms with Crippen molar-refractivity contribution in [3.63, 3.8) is 0 Å². The average molecular weight is 434 g/mol. The number of hydrogen-bond acceptors (Lipinski definition) is 7. The first-order valence-corrected chi connectivity index (χ1v) is 10.6. The average Bonchev–Trinajstić information content (AvgIpc) is 3.15. The number of hydrogen-bond donors (Lipinski definition) is 1. The fraction of sp³-hybridized carbons (Fsp3) is 0.350. The van der Waals surface area contributed by atoms with E-state index >= 15 is 0 Å². The Morgan fingerprint density at radius 3 is 2.72 bits per heavy atom. The maximum atomic E-state index is 6.46. The Morgan fingerprint density at radius 2 is 2.00 bits per heavy atom. The smallest absolute Gasteiger partial charge is 0.209 e. The van der Waals surface area contributed by atoms with Gasteiger partial charge in [0.25, 0.3) is 0 Å². The van der Waals surface area contributed by atoms with Gasteiger partial charge < -0.3 is 14.8 Å². The molecule has 29 heavy (non-hydrogen) atoms. The number of methoxy groups -OCH3 is 1. The molecule has 9 heteroatoms. The second-order valence-corrected chi connectivity index (χ2v) is 7.80. The van der Waals surface area contributed by atoms with E-state index in [4.69, 9.17) is 21.1 Å². The Bertz CT molecular complexity index is 907. The van der Waals surface area contributed by atoms with Crippen LogP contribution in [0, 0.1) is 0 Å². The van der Waals surface area contributed by atoms with Crippen LogP contribution in [-0.4, -0.2) is 39.6 Å². The fourth-order valence-electron chi connectivity index (χ4n) is 2.65. The predicted octanol–water partition coefficient (Wildman–Crippen LogP) is 3.72. The summed E-state index contributed by atoms with van der Waals surface area (Å²) in [5.41, 5.74) is 2.06. The Labute approximate surface area is 179 Å². The lowest BCUT2D eigenvalue weighted by Crippen LogP contribution is -2.16. The lowest BCUT2D eigenvalue weighted by Gasteiger charge is -2.14. The molecular formula is C20H24ClN5O2S. The number of ether oxygens (including phenoxy) is 2. The number of nitrogens with one attached hydrogen (secondary N) is 1. The number of thioether (sulfide) groups is 1. The van der Waals surface area contributed by atoms with Crippen LogP contribution in [0.4, 0.5) is 0 Å². The van der Waals surface area contributed by atoms with Gasteiger partial charge in [0.2, 0.25) is 5.16 Å². The Morgan fingerprint density at radius 1 is 1.17 bits per heavy atom. The first-order valence-electron chi connectivity index (χ1n) is 9.26. The number of aryl methyl sites for hydroxylation is 1. The lowest BCUT2D eigenvalue weighted by atomic mass is 10.2. The second-order valence-electron chi connectivity index (χ2n) is 6.33.